The van der Waals surface area contributed by atoms with Gasteiger partial charge in [0.1, 0.15) is 5.78 Å². The predicted molar refractivity (Wildman–Crippen MR) is 135 cm³/mol. The van der Waals surface area contributed by atoms with Crippen molar-refractivity contribution in [2.24, 2.45) is 0 Å². The maximum Gasteiger partial charge on any atom is 0.255 e. The number of ketones is 1. The van der Waals surface area contributed by atoms with E-state index in [1.165, 1.54) is 5.56 Å². The van der Waals surface area contributed by atoms with Gasteiger partial charge in [0.05, 0.1) is 28.9 Å². The Morgan fingerprint density at radius 2 is 1.76 bits per heavy atom. The molecular weight excluding hydrogens is 426 g/mol. The van der Waals surface area contributed by atoms with Crippen molar-refractivity contribution in [3.8, 4) is 0 Å². The molecule has 180 valence electrons. The van der Waals surface area contributed by atoms with E-state index in [2.05, 4.69) is 65.8 Å². The van der Waals surface area contributed by atoms with E-state index in [0.717, 1.165) is 41.5 Å². The lowest BCUT2D eigenvalue weighted by atomic mass is 9.93. The Hall–Kier alpha value is -3.22. The van der Waals surface area contributed by atoms with E-state index >= 15 is 0 Å². The maximum atomic E-state index is 13.5. The molecule has 1 aromatic carbocycles. The molecule has 1 atom stereocenters. The van der Waals surface area contributed by atoms with Crippen molar-refractivity contribution in [1.29, 1.82) is 0 Å². The molecule has 0 spiro atoms. The van der Waals surface area contributed by atoms with Gasteiger partial charge in [-0.3, -0.25) is 9.59 Å². The maximum absolute atomic E-state index is 13.5. The molecule has 7 heteroatoms. The summed E-state index contributed by atoms with van der Waals surface area (Å²) in [5.41, 5.74) is 4.40. The van der Waals surface area contributed by atoms with Crippen molar-refractivity contribution in [2.45, 2.75) is 84.3 Å². The normalized spacial score (nSPS) is 15.6. The molecule has 1 saturated carbocycles. The van der Waals surface area contributed by atoms with Gasteiger partial charge in [0, 0.05) is 31.6 Å². The number of nitrogens with zero attached hydrogens (tertiary/aromatic N) is 3. The van der Waals surface area contributed by atoms with Gasteiger partial charge in [-0.1, -0.05) is 45.0 Å². The summed E-state index contributed by atoms with van der Waals surface area (Å²) in [6.45, 7) is 9.14. The van der Waals surface area contributed by atoms with Crippen molar-refractivity contribution in [1.82, 2.24) is 20.1 Å². The van der Waals surface area contributed by atoms with Gasteiger partial charge in [0.15, 0.2) is 5.65 Å². The Kier molecular flexibility index (Phi) is 7.29. The molecule has 1 aliphatic carbocycles. The van der Waals surface area contributed by atoms with Crippen molar-refractivity contribution < 1.29 is 9.59 Å². The molecular formula is C27H35N5O2. The number of aromatic nitrogens is 3. The van der Waals surface area contributed by atoms with Crippen LogP contribution in [0.15, 0.2) is 36.7 Å². The summed E-state index contributed by atoms with van der Waals surface area (Å²) in [5, 5.41) is 12.1. The number of carbonyl (C=O) groups excluding carboxylic acids is 2. The molecule has 0 bridgehead atoms. The van der Waals surface area contributed by atoms with Crippen molar-refractivity contribution in [2.75, 3.05) is 5.32 Å². The van der Waals surface area contributed by atoms with Crippen LogP contribution in [-0.2, 0) is 11.3 Å². The van der Waals surface area contributed by atoms with Crippen LogP contribution in [0.2, 0.25) is 0 Å². The highest BCUT2D eigenvalue weighted by Crippen LogP contribution is 2.30. The molecule has 0 saturated heterocycles. The van der Waals surface area contributed by atoms with Crippen LogP contribution in [0.1, 0.15) is 93.2 Å². The van der Waals surface area contributed by atoms with Gasteiger partial charge >= 0.3 is 0 Å². The number of rotatable bonds is 8. The Morgan fingerprint density at radius 1 is 1.09 bits per heavy atom. The quantitative estimate of drug-likeness (QED) is 0.470. The second-order valence-electron chi connectivity index (χ2n) is 9.46. The minimum atomic E-state index is -0.159. The Labute approximate surface area is 201 Å². The Bertz CT molecular complexity index is 1160. The number of carbonyl (C=O) groups is 2. The van der Waals surface area contributed by atoms with Gasteiger partial charge in [0.2, 0.25) is 0 Å². The fourth-order valence-corrected chi connectivity index (χ4v) is 4.64. The van der Waals surface area contributed by atoms with E-state index < -0.39 is 0 Å². The van der Waals surface area contributed by atoms with E-state index in [1.807, 2.05) is 11.6 Å². The zero-order valence-electron chi connectivity index (χ0n) is 20.6. The number of fused-ring (bicyclic) bond motifs is 1. The van der Waals surface area contributed by atoms with E-state index in [-0.39, 0.29) is 18.0 Å². The number of anilines is 1. The van der Waals surface area contributed by atoms with E-state index in [1.54, 1.807) is 12.4 Å². The summed E-state index contributed by atoms with van der Waals surface area (Å²) in [5.74, 6) is 0.617. The number of hydrogen-bond acceptors (Lipinski definition) is 5. The third-order valence-electron chi connectivity index (χ3n) is 6.82. The average molecular weight is 462 g/mol. The molecule has 1 unspecified atom stereocenters. The van der Waals surface area contributed by atoms with Gasteiger partial charge in [-0.25, -0.2) is 9.67 Å². The number of hydrogen-bond donors (Lipinski definition) is 2. The molecule has 0 aliphatic heterocycles. The van der Waals surface area contributed by atoms with E-state index in [4.69, 9.17) is 0 Å². The summed E-state index contributed by atoms with van der Waals surface area (Å²) < 4.78 is 1.83. The number of benzene rings is 1. The first-order chi connectivity index (χ1) is 16.4. The molecule has 2 heterocycles. The highest BCUT2D eigenvalue weighted by atomic mass is 16.1. The SMILES string of the molecule is CCC(NC(=O)c1cnc2c(cnn2CC)c1NC1CCC(=O)CC1)c1ccc(C(C)C)cc1. The lowest BCUT2D eigenvalue weighted by Crippen LogP contribution is -2.31. The fourth-order valence-electron chi connectivity index (χ4n) is 4.64. The summed E-state index contributed by atoms with van der Waals surface area (Å²) in [6.07, 6.45) is 6.90. The Morgan fingerprint density at radius 3 is 2.38 bits per heavy atom. The molecule has 1 amide bonds. The van der Waals surface area contributed by atoms with Crippen LogP contribution in [0.4, 0.5) is 5.69 Å². The zero-order valence-corrected chi connectivity index (χ0v) is 20.6. The third kappa shape index (κ3) is 4.98. The van der Waals surface area contributed by atoms with Crippen LogP contribution in [-0.4, -0.2) is 32.5 Å². The summed E-state index contributed by atoms with van der Waals surface area (Å²) >= 11 is 0. The van der Waals surface area contributed by atoms with Crippen LogP contribution in [0.5, 0.6) is 0 Å². The van der Waals surface area contributed by atoms with Crippen LogP contribution in [0, 0.1) is 0 Å². The molecule has 1 fully saturated rings. The first-order valence-corrected chi connectivity index (χ1v) is 12.4. The molecule has 0 radical (unpaired) electrons. The van der Waals surface area contributed by atoms with Crippen molar-refractivity contribution in [3.05, 3.63) is 53.3 Å². The number of pyridine rings is 1. The highest BCUT2D eigenvalue weighted by Gasteiger charge is 2.25. The highest BCUT2D eigenvalue weighted by molar-refractivity contribution is 6.06. The number of amides is 1. The van der Waals surface area contributed by atoms with Gasteiger partial charge in [-0.15, -0.1) is 0 Å². The van der Waals surface area contributed by atoms with Crippen LogP contribution >= 0.6 is 0 Å². The Balaban J connectivity index is 1.63. The monoisotopic (exact) mass is 461 g/mol. The standard InChI is InChI=1S/C27H35N5O2/c1-5-24(19-9-7-18(8-10-19)17(3)4)31-27(34)23-15-28-26-22(16-29-32(26)6-2)25(23)30-20-11-13-21(33)14-12-20/h7-10,15-17,20,24H,5-6,11-14H2,1-4H3,(H,28,30)(H,31,34). The number of aryl methyl sites for hydroxylation is 1. The zero-order chi connectivity index (χ0) is 24.2. The third-order valence-corrected chi connectivity index (χ3v) is 6.82. The first-order valence-electron chi connectivity index (χ1n) is 12.4. The minimum Gasteiger partial charge on any atom is -0.381 e. The van der Waals surface area contributed by atoms with Crippen LogP contribution < -0.4 is 10.6 Å². The van der Waals surface area contributed by atoms with E-state index in [9.17, 15) is 9.59 Å². The smallest absolute Gasteiger partial charge is 0.255 e. The average Bonchev–Trinajstić information content (AvgIpc) is 3.27. The number of nitrogens with one attached hydrogen (secondary N) is 2. The molecule has 7 nitrogen and oxygen atoms in total. The second-order valence-corrected chi connectivity index (χ2v) is 9.46. The lowest BCUT2D eigenvalue weighted by molar-refractivity contribution is -0.120. The topological polar surface area (TPSA) is 88.9 Å². The molecule has 34 heavy (non-hydrogen) atoms. The van der Waals surface area contributed by atoms with Gasteiger partial charge < -0.3 is 10.6 Å². The minimum absolute atomic E-state index is 0.0945. The summed E-state index contributed by atoms with van der Waals surface area (Å²) in [7, 11) is 0. The van der Waals surface area contributed by atoms with Crippen LogP contribution in [0.25, 0.3) is 11.0 Å². The van der Waals surface area contributed by atoms with E-state index in [0.29, 0.717) is 36.7 Å². The summed E-state index contributed by atoms with van der Waals surface area (Å²) in [4.78, 5) is 29.8. The first kappa shape index (κ1) is 23.9. The molecule has 4 rings (SSSR count). The molecule has 2 N–H and O–H groups in total. The van der Waals surface area contributed by atoms with Gasteiger partial charge in [0.25, 0.3) is 5.91 Å². The summed E-state index contributed by atoms with van der Waals surface area (Å²) in [6, 6.07) is 8.54. The predicted octanol–water partition coefficient (Wildman–Crippen LogP) is 5.38. The van der Waals surface area contributed by atoms with Crippen molar-refractivity contribution >= 4 is 28.4 Å². The molecule has 3 aromatic rings. The van der Waals surface area contributed by atoms with Crippen molar-refractivity contribution in [3.63, 3.8) is 0 Å². The largest absolute Gasteiger partial charge is 0.381 e. The molecule has 1 aliphatic rings. The number of Topliss-reactive ketones (excluding diaryl/α,β-unsaturated/α-hetero) is 1. The fraction of sp³-hybridized carbons (Fsp3) is 0.481. The van der Waals surface area contributed by atoms with Gasteiger partial charge in [-0.2, -0.15) is 5.10 Å². The second kappa shape index (κ2) is 10.4. The molecule has 2 aromatic heterocycles. The van der Waals surface area contributed by atoms with Crippen LogP contribution in [0.3, 0.4) is 0 Å². The lowest BCUT2D eigenvalue weighted by Gasteiger charge is -2.25. The van der Waals surface area contributed by atoms with Gasteiger partial charge in [-0.05, 0) is 43.2 Å².